The Morgan fingerprint density at radius 3 is 2.09 bits per heavy atom. The molecule has 0 radical (unpaired) electrons. The maximum absolute atomic E-state index is 13.1. The number of piperazine rings is 1. The van der Waals surface area contributed by atoms with Crippen molar-refractivity contribution in [3.8, 4) is 5.69 Å². The Hall–Kier alpha value is -3.45. The predicted molar refractivity (Wildman–Crippen MR) is 124 cm³/mol. The number of anilines is 1. The van der Waals surface area contributed by atoms with Crippen LogP contribution in [0.3, 0.4) is 0 Å². The number of hydrogen-bond donors (Lipinski definition) is 0. The van der Waals surface area contributed by atoms with E-state index < -0.39 is 0 Å². The third kappa shape index (κ3) is 4.43. The molecule has 0 N–H and O–H groups in total. The van der Waals surface area contributed by atoms with Crippen molar-refractivity contribution in [1.82, 2.24) is 14.7 Å². The summed E-state index contributed by atoms with van der Waals surface area (Å²) in [5.41, 5.74) is 2.54. The Balaban J connectivity index is 1.50. The van der Waals surface area contributed by atoms with Crippen molar-refractivity contribution < 1.29 is 9.59 Å². The molecular formula is C24H23ClN4O3. The van der Waals surface area contributed by atoms with Gasteiger partial charge in [0.25, 0.3) is 5.91 Å². The molecule has 2 aromatic carbocycles. The fourth-order valence-electron chi connectivity index (χ4n) is 3.76. The van der Waals surface area contributed by atoms with E-state index in [-0.39, 0.29) is 22.8 Å². The summed E-state index contributed by atoms with van der Waals surface area (Å²) in [5.74, 6) is -0.342. The van der Waals surface area contributed by atoms with Gasteiger partial charge in [0.1, 0.15) is 0 Å². The van der Waals surface area contributed by atoms with E-state index >= 15 is 0 Å². The van der Waals surface area contributed by atoms with Gasteiger partial charge in [-0.3, -0.25) is 14.4 Å². The van der Waals surface area contributed by atoms with E-state index in [2.05, 4.69) is 10.00 Å². The van der Waals surface area contributed by atoms with Gasteiger partial charge in [-0.15, -0.1) is 0 Å². The van der Waals surface area contributed by atoms with E-state index in [1.165, 1.54) is 6.07 Å². The largest absolute Gasteiger partial charge is 0.368 e. The maximum atomic E-state index is 13.1. The van der Waals surface area contributed by atoms with Crippen molar-refractivity contribution >= 4 is 29.0 Å². The van der Waals surface area contributed by atoms with Crippen molar-refractivity contribution in [1.29, 1.82) is 0 Å². The van der Waals surface area contributed by atoms with Crippen LogP contribution in [0.2, 0.25) is 5.02 Å². The molecule has 164 valence electrons. The number of ketones is 1. The van der Waals surface area contributed by atoms with Crippen LogP contribution in [0.4, 0.5) is 5.69 Å². The zero-order valence-electron chi connectivity index (χ0n) is 17.9. The lowest BCUT2D eigenvalue weighted by atomic mass is 10.1. The SMILES string of the molecule is CC(=O)c1ccc(N2CCN(C(=O)c3nn(-c4ccc(Cl)cc4)c(C)cc3=O)CC2)cc1. The molecule has 8 heteroatoms. The standard InChI is InChI=1S/C24H23ClN4O3/c1-16-15-22(31)23(26-29(16)21-9-5-19(25)6-10-21)24(32)28-13-11-27(12-14-28)20-7-3-18(4-8-20)17(2)30/h3-10,15H,11-14H2,1-2H3. The Morgan fingerprint density at radius 2 is 1.50 bits per heavy atom. The van der Waals surface area contributed by atoms with Gasteiger partial charge in [-0.25, -0.2) is 4.68 Å². The molecule has 0 bridgehead atoms. The Labute approximate surface area is 190 Å². The number of carbonyl (C=O) groups excluding carboxylic acids is 2. The van der Waals surface area contributed by atoms with E-state index in [0.29, 0.717) is 42.5 Å². The second-order valence-electron chi connectivity index (χ2n) is 7.77. The molecule has 0 spiro atoms. The summed E-state index contributed by atoms with van der Waals surface area (Å²) >= 11 is 5.97. The molecule has 3 aromatic rings. The Kier molecular flexibility index (Phi) is 6.10. The monoisotopic (exact) mass is 450 g/mol. The fraction of sp³-hybridized carbons (Fsp3) is 0.250. The average molecular weight is 451 g/mol. The lowest BCUT2D eigenvalue weighted by molar-refractivity contribution is 0.0737. The number of amides is 1. The second-order valence-corrected chi connectivity index (χ2v) is 8.21. The first-order valence-corrected chi connectivity index (χ1v) is 10.7. The summed E-state index contributed by atoms with van der Waals surface area (Å²) in [6.45, 7) is 5.52. The average Bonchev–Trinajstić information content (AvgIpc) is 2.80. The van der Waals surface area contributed by atoms with E-state index in [1.807, 2.05) is 24.3 Å². The van der Waals surface area contributed by atoms with Crippen LogP contribution in [-0.4, -0.2) is 52.5 Å². The highest BCUT2D eigenvalue weighted by atomic mass is 35.5. The molecular weight excluding hydrogens is 428 g/mol. The summed E-state index contributed by atoms with van der Waals surface area (Å²) in [5, 5.41) is 4.97. The molecule has 1 aliphatic heterocycles. The van der Waals surface area contributed by atoms with Gasteiger partial charge in [0.05, 0.1) is 5.69 Å². The molecule has 1 saturated heterocycles. The fourth-order valence-corrected chi connectivity index (χ4v) is 3.89. The molecule has 1 fully saturated rings. The van der Waals surface area contributed by atoms with E-state index in [0.717, 1.165) is 11.4 Å². The quantitative estimate of drug-likeness (QED) is 0.570. The summed E-state index contributed by atoms with van der Waals surface area (Å²) < 4.78 is 1.58. The van der Waals surface area contributed by atoms with Crippen LogP contribution < -0.4 is 10.3 Å². The van der Waals surface area contributed by atoms with Crippen LogP contribution in [0.5, 0.6) is 0 Å². The van der Waals surface area contributed by atoms with Crippen molar-refractivity contribution in [3.63, 3.8) is 0 Å². The zero-order valence-corrected chi connectivity index (χ0v) is 18.7. The van der Waals surface area contributed by atoms with Crippen molar-refractivity contribution in [2.45, 2.75) is 13.8 Å². The van der Waals surface area contributed by atoms with Gasteiger partial charge in [-0.1, -0.05) is 11.6 Å². The third-order valence-electron chi connectivity index (χ3n) is 5.59. The smallest absolute Gasteiger partial charge is 0.278 e. The highest BCUT2D eigenvalue weighted by Crippen LogP contribution is 2.19. The molecule has 1 aliphatic rings. The number of aromatic nitrogens is 2. The minimum Gasteiger partial charge on any atom is -0.368 e. The first kappa shape index (κ1) is 21.8. The number of rotatable bonds is 4. The van der Waals surface area contributed by atoms with Gasteiger partial charge in [0.15, 0.2) is 11.5 Å². The number of hydrogen-bond acceptors (Lipinski definition) is 5. The van der Waals surface area contributed by atoms with Gasteiger partial charge in [-0.2, -0.15) is 5.10 Å². The third-order valence-corrected chi connectivity index (χ3v) is 5.84. The number of Topliss-reactive ketones (excluding diaryl/α,β-unsaturated/α-hetero) is 1. The number of halogens is 1. The zero-order chi connectivity index (χ0) is 22.8. The minimum absolute atomic E-state index is 0.0295. The van der Waals surface area contributed by atoms with Gasteiger partial charge in [0, 0.05) is 54.2 Å². The highest BCUT2D eigenvalue weighted by molar-refractivity contribution is 6.30. The van der Waals surface area contributed by atoms with Crippen LogP contribution in [0.15, 0.2) is 59.4 Å². The molecule has 1 aromatic heterocycles. The Morgan fingerprint density at radius 1 is 0.906 bits per heavy atom. The number of aryl methyl sites for hydroxylation is 1. The van der Waals surface area contributed by atoms with Crippen molar-refractivity contribution in [2.75, 3.05) is 31.1 Å². The molecule has 0 aliphatic carbocycles. The number of carbonyl (C=O) groups is 2. The van der Waals surface area contributed by atoms with Gasteiger partial charge >= 0.3 is 0 Å². The number of nitrogens with zero attached hydrogens (tertiary/aromatic N) is 4. The molecule has 1 amide bonds. The second kappa shape index (κ2) is 8.96. The molecule has 0 atom stereocenters. The van der Waals surface area contributed by atoms with Crippen molar-refractivity contribution in [3.05, 3.63) is 86.8 Å². The van der Waals surface area contributed by atoms with E-state index in [9.17, 15) is 14.4 Å². The maximum Gasteiger partial charge on any atom is 0.278 e. The highest BCUT2D eigenvalue weighted by Gasteiger charge is 2.26. The summed E-state index contributed by atoms with van der Waals surface area (Å²) in [6, 6.07) is 15.9. The molecule has 2 heterocycles. The summed E-state index contributed by atoms with van der Waals surface area (Å²) in [6.07, 6.45) is 0. The van der Waals surface area contributed by atoms with Gasteiger partial charge < -0.3 is 9.80 Å². The Bertz CT molecular complexity index is 1210. The molecule has 32 heavy (non-hydrogen) atoms. The summed E-state index contributed by atoms with van der Waals surface area (Å²) in [4.78, 5) is 40.9. The van der Waals surface area contributed by atoms with Crippen LogP contribution in [0.25, 0.3) is 5.69 Å². The normalized spacial score (nSPS) is 13.8. The molecule has 4 rings (SSSR count). The minimum atomic E-state index is -0.389. The van der Waals surface area contributed by atoms with Crippen LogP contribution in [0, 0.1) is 6.92 Å². The first-order chi connectivity index (χ1) is 15.3. The van der Waals surface area contributed by atoms with Gasteiger partial charge in [0.2, 0.25) is 5.43 Å². The molecule has 0 saturated carbocycles. The van der Waals surface area contributed by atoms with Gasteiger partial charge in [-0.05, 0) is 62.4 Å². The van der Waals surface area contributed by atoms with E-state index in [4.69, 9.17) is 11.6 Å². The summed E-state index contributed by atoms with van der Waals surface area (Å²) in [7, 11) is 0. The lowest BCUT2D eigenvalue weighted by Gasteiger charge is -2.36. The van der Waals surface area contributed by atoms with Crippen LogP contribution >= 0.6 is 11.6 Å². The predicted octanol–water partition coefficient (Wildman–Crippen LogP) is 3.36. The van der Waals surface area contributed by atoms with Crippen LogP contribution in [0.1, 0.15) is 33.5 Å². The first-order valence-electron chi connectivity index (χ1n) is 10.4. The lowest BCUT2D eigenvalue weighted by Crippen LogP contribution is -2.50. The molecule has 0 unspecified atom stereocenters. The number of benzene rings is 2. The molecule has 7 nitrogen and oxygen atoms in total. The van der Waals surface area contributed by atoms with Crippen molar-refractivity contribution in [2.24, 2.45) is 0 Å². The van der Waals surface area contributed by atoms with E-state index in [1.54, 1.807) is 47.7 Å². The topological polar surface area (TPSA) is 75.5 Å². The van der Waals surface area contributed by atoms with Crippen LogP contribution in [-0.2, 0) is 0 Å².